The molecule has 0 atom stereocenters. The van der Waals surface area contributed by atoms with Crippen molar-refractivity contribution in [3.05, 3.63) is 56.7 Å². The van der Waals surface area contributed by atoms with Gasteiger partial charge in [-0.15, -0.1) is 0 Å². The van der Waals surface area contributed by atoms with E-state index in [1.807, 2.05) is 19.9 Å². The SMILES string of the molecule is CCOc1cc(/C=C2\C(=O)NC(=O)N(c3ccccc3C)C2=O)cc(I)c1OCC. The molecule has 1 N–H and O–H groups in total. The van der Waals surface area contributed by atoms with Crippen molar-refractivity contribution in [2.75, 3.05) is 18.1 Å². The number of anilines is 1. The topological polar surface area (TPSA) is 84.9 Å². The van der Waals surface area contributed by atoms with Crippen LogP contribution in [0.2, 0.25) is 0 Å². The van der Waals surface area contributed by atoms with Gasteiger partial charge in [0.15, 0.2) is 11.5 Å². The molecule has 1 aliphatic rings. The molecule has 0 radical (unpaired) electrons. The molecule has 0 aromatic heterocycles. The maximum atomic E-state index is 13.1. The second-order valence-corrected chi connectivity index (χ2v) is 7.60. The first-order chi connectivity index (χ1) is 14.4. The van der Waals surface area contributed by atoms with E-state index in [-0.39, 0.29) is 5.57 Å². The van der Waals surface area contributed by atoms with Crippen molar-refractivity contribution in [2.45, 2.75) is 20.8 Å². The third-order valence-corrected chi connectivity index (χ3v) is 5.19. The van der Waals surface area contributed by atoms with Crippen molar-refractivity contribution in [3.63, 3.8) is 0 Å². The zero-order chi connectivity index (χ0) is 21.8. The Bertz CT molecular complexity index is 1050. The summed E-state index contributed by atoms with van der Waals surface area (Å²) in [7, 11) is 0. The highest BCUT2D eigenvalue weighted by Crippen LogP contribution is 2.35. The number of ether oxygens (including phenoxy) is 2. The molecule has 1 aliphatic heterocycles. The fourth-order valence-corrected chi connectivity index (χ4v) is 3.86. The lowest BCUT2D eigenvalue weighted by Crippen LogP contribution is -2.54. The van der Waals surface area contributed by atoms with Crippen molar-refractivity contribution in [1.29, 1.82) is 0 Å². The molecular weight excluding hydrogens is 499 g/mol. The number of nitrogens with zero attached hydrogens (tertiary/aromatic N) is 1. The maximum Gasteiger partial charge on any atom is 0.335 e. The minimum absolute atomic E-state index is 0.139. The number of urea groups is 1. The second kappa shape index (κ2) is 9.29. The summed E-state index contributed by atoms with van der Waals surface area (Å²) in [5.74, 6) is -0.288. The summed E-state index contributed by atoms with van der Waals surface area (Å²) in [6.07, 6.45) is 1.45. The van der Waals surface area contributed by atoms with Gasteiger partial charge in [-0.3, -0.25) is 14.9 Å². The number of hydrogen-bond acceptors (Lipinski definition) is 5. The first kappa shape index (κ1) is 21.8. The van der Waals surface area contributed by atoms with Crippen LogP contribution in [0.4, 0.5) is 10.5 Å². The number of hydrogen-bond donors (Lipinski definition) is 1. The number of para-hydroxylation sites is 1. The Morgan fingerprint density at radius 1 is 1.07 bits per heavy atom. The van der Waals surface area contributed by atoms with E-state index in [0.29, 0.717) is 36.0 Å². The smallest absolute Gasteiger partial charge is 0.335 e. The molecule has 156 valence electrons. The van der Waals surface area contributed by atoms with Crippen LogP contribution in [0.15, 0.2) is 42.0 Å². The number of amides is 4. The van der Waals surface area contributed by atoms with E-state index in [9.17, 15) is 14.4 Å². The number of halogens is 1. The highest BCUT2D eigenvalue weighted by Gasteiger charge is 2.37. The lowest BCUT2D eigenvalue weighted by molar-refractivity contribution is -0.122. The molecule has 30 heavy (non-hydrogen) atoms. The molecule has 0 unspecified atom stereocenters. The molecule has 8 heteroatoms. The van der Waals surface area contributed by atoms with Crippen molar-refractivity contribution in [1.82, 2.24) is 5.32 Å². The van der Waals surface area contributed by atoms with Crippen LogP contribution in [0.1, 0.15) is 25.0 Å². The van der Waals surface area contributed by atoms with Gasteiger partial charge in [0.2, 0.25) is 0 Å². The van der Waals surface area contributed by atoms with E-state index < -0.39 is 17.8 Å². The van der Waals surface area contributed by atoms with E-state index >= 15 is 0 Å². The maximum absolute atomic E-state index is 13.1. The van der Waals surface area contributed by atoms with Gasteiger partial charge < -0.3 is 9.47 Å². The van der Waals surface area contributed by atoms with Crippen LogP contribution in [0.3, 0.4) is 0 Å². The second-order valence-electron chi connectivity index (χ2n) is 6.44. The van der Waals surface area contributed by atoms with Crippen LogP contribution >= 0.6 is 22.6 Å². The molecule has 4 amide bonds. The number of aryl methyl sites for hydroxylation is 1. The molecule has 0 spiro atoms. The summed E-state index contributed by atoms with van der Waals surface area (Å²) in [4.78, 5) is 38.9. The lowest BCUT2D eigenvalue weighted by Gasteiger charge is -2.27. The normalized spacial score (nSPS) is 15.4. The Morgan fingerprint density at radius 3 is 2.43 bits per heavy atom. The highest BCUT2D eigenvalue weighted by molar-refractivity contribution is 14.1. The monoisotopic (exact) mass is 520 g/mol. The van der Waals surface area contributed by atoms with Crippen LogP contribution in [-0.4, -0.2) is 31.1 Å². The first-order valence-corrected chi connectivity index (χ1v) is 10.5. The average Bonchev–Trinajstić information content (AvgIpc) is 2.69. The van der Waals surface area contributed by atoms with Gasteiger partial charge in [-0.05, 0) is 78.8 Å². The van der Waals surface area contributed by atoms with Gasteiger partial charge in [-0.25, -0.2) is 9.69 Å². The molecule has 3 rings (SSSR count). The largest absolute Gasteiger partial charge is 0.490 e. The Balaban J connectivity index is 2.05. The van der Waals surface area contributed by atoms with Crippen LogP contribution in [0.5, 0.6) is 11.5 Å². The van der Waals surface area contributed by atoms with Gasteiger partial charge in [0.25, 0.3) is 11.8 Å². The molecule has 2 aromatic carbocycles. The molecule has 7 nitrogen and oxygen atoms in total. The standard InChI is InChI=1S/C22H21IN2O5/c1-4-29-18-12-14(11-16(23)19(18)30-5-2)10-15-20(26)24-22(28)25(21(15)27)17-9-7-6-8-13(17)3/h6-12H,4-5H2,1-3H3,(H,24,26,28)/b15-10+. The molecule has 0 bridgehead atoms. The Hall–Kier alpha value is -2.88. The number of carbonyl (C=O) groups excluding carboxylic acids is 3. The van der Waals surface area contributed by atoms with E-state index in [1.54, 1.807) is 37.3 Å². The summed E-state index contributed by atoms with van der Waals surface area (Å²) >= 11 is 2.12. The van der Waals surface area contributed by atoms with Gasteiger partial charge in [-0.2, -0.15) is 0 Å². The fraction of sp³-hybridized carbons (Fsp3) is 0.227. The van der Waals surface area contributed by atoms with Crippen LogP contribution in [0, 0.1) is 10.5 Å². The number of benzene rings is 2. The van der Waals surface area contributed by atoms with Crippen LogP contribution in [0.25, 0.3) is 6.08 Å². The average molecular weight is 520 g/mol. The molecule has 1 heterocycles. The van der Waals surface area contributed by atoms with Gasteiger partial charge in [-0.1, -0.05) is 18.2 Å². The summed E-state index contributed by atoms with van der Waals surface area (Å²) in [6, 6.07) is 9.71. The number of barbiturate groups is 1. The van der Waals surface area contributed by atoms with Gasteiger partial charge >= 0.3 is 6.03 Å². The summed E-state index contributed by atoms with van der Waals surface area (Å²) in [5, 5.41) is 2.24. The van der Waals surface area contributed by atoms with Crippen LogP contribution in [-0.2, 0) is 9.59 Å². The van der Waals surface area contributed by atoms with Gasteiger partial charge in [0.1, 0.15) is 5.57 Å². The minimum Gasteiger partial charge on any atom is -0.490 e. The van der Waals surface area contributed by atoms with Crippen molar-refractivity contribution >= 4 is 52.2 Å². The van der Waals surface area contributed by atoms with Crippen molar-refractivity contribution < 1.29 is 23.9 Å². The third-order valence-electron chi connectivity index (χ3n) is 4.39. The Kier molecular flexibility index (Phi) is 6.76. The van der Waals surface area contributed by atoms with Crippen LogP contribution < -0.4 is 19.7 Å². The fourth-order valence-electron chi connectivity index (χ4n) is 3.08. The lowest BCUT2D eigenvalue weighted by atomic mass is 10.1. The van der Waals surface area contributed by atoms with Gasteiger partial charge in [0, 0.05) is 0 Å². The van der Waals surface area contributed by atoms with E-state index in [1.165, 1.54) is 6.08 Å². The number of carbonyl (C=O) groups is 3. The number of rotatable bonds is 6. The van der Waals surface area contributed by atoms with E-state index in [4.69, 9.17) is 9.47 Å². The molecule has 2 aromatic rings. The quantitative estimate of drug-likeness (QED) is 0.353. The third kappa shape index (κ3) is 4.33. The van der Waals surface area contributed by atoms with E-state index in [0.717, 1.165) is 14.0 Å². The summed E-state index contributed by atoms with van der Waals surface area (Å²) in [5.41, 5.74) is 1.61. The predicted octanol–water partition coefficient (Wildman–Crippen LogP) is 4.06. The summed E-state index contributed by atoms with van der Waals surface area (Å²) < 4.78 is 12.1. The van der Waals surface area contributed by atoms with E-state index in [2.05, 4.69) is 27.9 Å². The predicted molar refractivity (Wildman–Crippen MR) is 122 cm³/mol. The van der Waals surface area contributed by atoms with Crippen molar-refractivity contribution in [3.8, 4) is 11.5 Å². The zero-order valence-corrected chi connectivity index (χ0v) is 19.0. The molecule has 1 saturated heterocycles. The Morgan fingerprint density at radius 2 is 1.77 bits per heavy atom. The summed E-state index contributed by atoms with van der Waals surface area (Å²) in [6.45, 7) is 6.44. The molecule has 0 aliphatic carbocycles. The number of imide groups is 2. The first-order valence-electron chi connectivity index (χ1n) is 9.43. The van der Waals surface area contributed by atoms with Gasteiger partial charge in [0.05, 0.1) is 22.5 Å². The minimum atomic E-state index is -0.771. The Labute approximate surface area is 188 Å². The highest BCUT2D eigenvalue weighted by atomic mass is 127. The zero-order valence-electron chi connectivity index (χ0n) is 16.8. The molecule has 1 fully saturated rings. The molecular formula is C22H21IN2O5. The molecule has 0 saturated carbocycles. The van der Waals surface area contributed by atoms with Crippen molar-refractivity contribution in [2.24, 2.45) is 0 Å². The number of nitrogens with one attached hydrogen (secondary N) is 1.